The van der Waals surface area contributed by atoms with E-state index in [4.69, 9.17) is 16.3 Å². The highest BCUT2D eigenvalue weighted by molar-refractivity contribution is 8.01. The topological polar surface area (TPSA) is 71.5 Å². The number of aryl methyl sites for hydroxylation is 1. The number of hydrogen-bond acceptors (Lipinski definition) is 6. The first-order valence-corrected chi connectivity index (χ1v) is 13.6. The summed E-state index contributed by atoms with van der Waals surface area (Å²) in [6, 6.07) is 7.22. The number of thiophene rings is 1. The molecule has 0 spiro atoms. The minimum absolute atomic E-state index is 0.0804. The monoisotopic (exact) mass is 522 g/mol. The number of nitrogens with one attached hydrogen (secondary N) is 1. The van der Waals surface area contributed by atoms with E-state index in [2.05, 4.69) is 10.3 Å². The third-order valence-electron chi connectivity index (χ3n) is 6.50. The van der Waals surface area contributed by atoms with Crippen molar-refractivity contribution in [2.75, 3.05) is 19.4 Å². The van der Waals surface area contributed by atoms with Gasteiger partial charge in [-0.25, -0.2) is 4.39 Å². The van der Waals surface area contributed by atoms with Crippen molar-refractivity contribution in [3.05, 3.63) is 52.2 Å². The predicted molar refractivity (Wildman–Crippen MR) is 137 cm³/mol. The van der Waals surface area contributed by atoms with Crippen molar-refractivity contribution in [2.45, 2.75) is 42.4 Å². The highest BCUT2D eigenvalue weighted by Gasteiger charge is 2.37. The molecule has 182 valence electrons. The van der Waals surface area contributed by atoms with Crippen molar-refractivity contribution in [2.24, 2.45) is 11.8 Å². The lowest BCUT2D eigenvalue weighted by Gasteiger charge is -2.36. The second-order valence-corrected chi connectivity index (χ2v) is 11.3. The molecule has 2 aromatic heterocycles. The van der Waals surface area contributed by atoms with Gasteiger partial charge in [0, 0.05) is 28.8 Å². The molecule has 3 unspecified atom stereocenters. The van der Waals surface area contributed by atoms with E-state index >= 15 is 0 Å². The molecule has 1 fully saturated rings. The molecule has 0 radical (unpaired) electrons. The van der Waals surface area contributed by atoms with Crippen molar-refractivity contribution in [3.63, 3.8) is 0 Å². The van der Waals surface area contributed by atoms with Gasteiger partial charge in [-0.05, 0) is 74.4 Å². The largest absolute Gasteiger partial charge is 0.497 e. The van der Waals surface area contributed by atoms with E-state index in [0.717, 1.165) is 70.8 Å². The maximum Gasteiger partial charge on any atom is 0.308 e. The van der Waals surface area contributed by atoms with Gasteiger partial charge in [-0.2, -0.15) is 0 Å². The molecule has 1 saturated heterocycles. The molecule has 1 aliphatic heterocycles. The van der Waals surface area contributed by atoms with E-state index in [1.165, 1.54) is 22.8 Å². The maximum absolute atomic E-state index is 13.2. The minimum Gasteiger partial charge on any atom is -0.497 e. The standard InChI is InChI=1S/C25H28ClFN2O3S2/c1-32-17-5-6-21-19(12-17)18(20(26)13-29-21)4-2-3-15-7-9-28-22(24(15)25(30)31)8-10-33-23-11-16(27)14-34-23/h5-6,11-15,22,24,28H,2-4,7-10H2,1H3,(H,30,31). The molecule has 34 heavy (non-hydrogen) atoms. The fraction of sp³-hybridized carbons (Fsp3) is 0.440. The zero-order valence-corrected chi connectivity index (χ0v) is 21.3. The van der Waals surface area contributed by atoms with Crippen LogP contribution in [0.1, 0.15) is 31.2 Å². The number of carbonyl (C=O) groups is 1. The van der Waals surface area contributed by atoms with E-state index in [1.807, 2.05) is 18.2 Å². The van der Waals surface area contributed by atoms with Gasteiger partial charge < -0.3 is 15.2 Å². The van der Waals surface area contributed by atoms with E-state index < -0.39 is 11.9 Å². The summed E-state index contributed by atoms with van der Waals surface area (Å²) in [5.41, 5.74) is 1.90. The molecule has 0 bridgehead atoms. The van der Waals surface area contributed by atoms with Gasteiger partial charge in [-0.15, -0.1) is 23.1 Å². The number of piperidine rings is 1. The number of hydrogen-bond donors (Lipinski definition) is 2. The fourth-order valence-electron chi connectivity index (χ4n) is 4.85. The van der Waals surface area contributed by atoms with Crippen LogP contribution in [0.4, 0.5) is 4.39 Å². The number of rotatable bonds is 10. The number of ether oxygens (including phenoxy) is 1. The molecule has 0 aliphatic carbocycles. The Balaban J connectivity index is 1.39. The Morgan fingerprint density at radius 3 is 2.97 bits per heavy atom. The lowest BCUT2D eigenvalue weighted by molar-refractivity contribution is -0.146. The molecule has 1 aromatic carbocycles. The van der Waals surface area contributed by atoms with Crippen LogP contribution in [0, 0.1) is 17.7 Å². The number of nitrogens with zero attached hydrogens (tertiary/aromatic N) is 1. The molecule has 9 heteroatoms. The summed E-state index contributed by atoms with van der Waals surface area (Å²) in [5, 5.41) is 16.5. The minimum atomic E-state index is -0.744. The Morgan fingerprint density at radius 2 is 2.24 bits per heavy atom. The number of thioether (sulfide) groups is 1. The molecule has 3 heterocycles. The number of carboxylic acid groups (broad SMARTS) is 1. The number of halogens is 2. The van der Waals surface area contributed by atoms with Crippen molar-refractivity contribution >= 4 is 51.6 Å². The van der Waals surface area contributed by atoms with Gasteiger partial charge in [0.1, 0.15) is 11.6 Å². The van der Waals surface area contributed by atoms with Crippen molar-refractivity contribution in [3.8, 4) is 5.75 Å². The maximum atomic E-state index is 13.2. The van der Waals surface area contributed by atoms with E-state index in [-0.39, 0.29) is 17.8 Å². The predicted octanol–water partition coefficient (Wildman–Crippen LogP) is 6.28. The van der Waals surface area contributed by atoms with Crippen LogP contribution < -0.4 is 10.1 Å². The number of methoxy groups -OCH3 is 1. The zero-order valence-electron chi connectivity index (χ0n) is 18.9. The normalized spacial score (nSPS) is 20.5. The Bertz CT molecular complexity index is 1140. The molecule has 4 rings (SSSR count). The lowest BCUT2D eigenvalue weighted by Crippen LogP contribution is -2.49. The molecule has 5 nitrogen and oxygen atoms in total. The number of fused-ring (bicyclic) bond motifs is 1. The highest BCUT2D eigenvalue weighted by atomic mass is 35.5. The van der Waals surface area contributed by atoms with Crippen LogP contribution in [0.15, 0.2) is 40.1 Å². The van der Waals surface area contributed by atoms with Crippen LogP contribution in [-0.4, -0.2) is 41.5 Å². The summed E-state index contributed by atoms with van der Waals surface area (Å²) in [5.74, 6) is 0.231. The van der Waals surface area contributed by atoms with E-state index in [1.54, 1.807) is 25.1 Å². The second-order valence-electron chi connectivity index (χ2n) is 8.55. The van der Waals surface area contributed by atoms with Crippen molar-refractivity contribution in [1.82, 2.24) is 10.3 Å². The Labute approximate surface area is 212 Å². The number of benzene rings is 1. The summed E-state index contributed by atoms with van der Waals surface area (Å²) in [7, 11) is 1.63. The van der Waals surface area contributed by atoms with Crippen LogP contribution >= 0.6 is 34.7 Å². The summed E-state index contributed by atoms with van der Waals surface area (Å²) in [4.78, 5) is 16.6. The van der Waals surface area contributed by atoms with Gasteiger partial charge in [0.25, 0.3) is 0 Å². The summed E-state index contributed by atoms with van der Waals surface area (Å²) < 4.78 is 19.5. The fourth-order valence-corrected chi connectivity index (χ4v) is 7.01. The first kappa shape index (κ1) is 25.2. The molecule has 3 aromatic rings. The van der Waals surface area contributed by atoms with Gasteiger partial charge in [-0.1, -0.05) is 11.6 Å². The number of carboxylic acids is 1. The zero-order chi connectivity index (χ0) is 24.1. The molecule has 0 amide bonds. The summed E-state index contributed by atoms with van der Waals surface area (Å²) >= 11 is 9.47. The third-order valence-corrected chi connectivity index (χ3v) is 9.00. The van der Waals surface area contributed by atoms with Crippen molar-refractivity contribution < 1.29 is 19.0 Å². The highest BCUT2D eigenvalue weighted by Crippen LogP contribution is 2.34. The Kier molecular flexibility index (Phi) is 8.69. The van der Waals surface area contributed by atoms with Gasteiger partial charge in [-0.3, -0.25) is 9.78 Å². The van der Waals surface area contributed by atoms with Gasteiger partial charge in [0.15, 0.2) is 0 Å². The number of pyridine rings is 1. The van der Waals surface area contributed by atoms with E-state index in [9.17, 15) is 14.3 Å². The second kappa shape index (κ2) is 11.7. The molecule has 2 N–H and O–H groups in total. The number of aliphatic carboxylic acids is 1. The van der Waals surface area contributed by atoms with Crippen LogP contribution in [0.25, 0.3) is 10.9 Å². The molecule has 0 saturated carbocycles. The van der Waals surface area contributed by atoms with Crippen LogP contribution in [-0.2, 0) is 11.2 Å². The Hall–Kier alpha value is -1.87. The SMILES string of the molecule is COc1ccc2ncc(Cl)c(CCCC3CCNC(CCSc4cc(F)cs4)C3C(=O)O)c2c1. The van der Waals surface area contributed by atoms with Crippen LogP contribution in [0.3, 0.4) is 0 Å². The molecular weight excluding hydrogens is 495 g/mol. The van der Waals surface area contributed by atoms with E-state index in [0.29, 0.717) is 5.02 Å². The average molecular weight is 523 g/mol. The van der Waals surface area contributed by atoms with Crippen LogP contribution in [0.5, 0.6) is 5.75 Å². The van der Waals surface area contributed by atoms with Gasteiger partial charge in [0.05, 0.1) is 27.8 Å². The summed E-state index contributed by atoms with van der Waals surface area (Å²) in [6.45, 7) is 0.813. The van der Waals surface area contributed by atoms with Crippen LogP contribution in [0.2, 0.25) is 5.02 Å². The first-order chi connectivity index (χ1) is 16.5. The molecular formula is C25H28ClFN2O3S2. The summed E-state index contributed by atoms with van der Waals surface area (Å²) in [6.07, 6.45) is 5.69. The quantitative estimate of drug-likeness (QED) is 0.305. The van der Waals surface area contributed by atoms with Gasteiger partial charge >= 0.3 is 5.97 Å². The molecule has 3 atom stereocenters. The smallest absolute Gasteiger partial charge is 0.308 e. The third kappa shape index (κ3) is 6.03. The lowest BCUT2D eigenvalue weighted by atomic mass is 9.77. The molecule has 1 aliphatic rings. The van der Waals surface area contributed by atoms with Crippen molar-refractivity contribution in [1.29, 1.82) is 0 Å². The average Bonchev–Trinajstić information content (AvgIpc) is 3.24. The van der Waals surface area contributed by atoms with Gasteiger partial charge in [0.2, 0.25) is 0 Å². The Morgan fingerprint density at radius 1 is 1.38 bits per heavy atom. The first-order valence-electron chi connectivity index (χ1n) is 11.4. The number of aromatic nitrogens is 1.